The van der Waals surface area contributed by atoms with E-state index in [1.807, 2.05) is 35.7 Å². The van der Waals surface area contributed by atoms with Crippen LogP contribution in [0.5, 0.6) is 0 Å². The maximum atomic E-state index is 12.5. The first kappa shape index (κ1) is 13.3. The molecule has 0 aliphatic heterocycles. The Hall–Kier alpha value is -1.68. The van der Waals surface area contributed by atoms with Gasteiger partial charge in [0.05, 0.1) is 11.2 Å². The monoisotopic (exact) mass is 286 g/mol. The molecule has 0 spiro atoms. The molecule has 3 nitrogen and oxygen atoms in total. The number of aromatic nitrogens is 1. The molecule has 0 radical (unpaired) electrons. The molecule has 1 amide bonds. The van der Waals surface area contributed by atoms with Crippen molar-refractivity contribution >= 4 is 17.2 Å². The Morgan fingerprint density at radius 3 is 3.00 bits per heavy atom. The van der Waals surface area contributed by atoms with Gasteiger partial charge < -0.3 is 4.90 Å². The minimum Gasteiger partial charge on any atom is -0.341 e. The van der Waals surface area contributed by atoms with Gasteiger partial charge in [0.15, 0.2) is 0 Å². The molecule has 104 valence electrons. The van der Waals surface area contributed by atoms with Gasteiger partial charge in [-0.15, -0.1) is 11.3 Å². The average molecular weight is 286 g/mol. The highest BCUT2D eigenvalue weighted by Gasteiger charge is 2.28. The van der Waals surface area contributed by atoms with Crippen LogP contribution >= 0.6 is 11.3 Å². The Kier molecular flexibility index (Phi) is 3.83. The van der Waals surface area contributed by atoms with Gasteiger partial charge >= 0.3 is 0 Å². The minimum atomic E-state index is 0.122. The SMILES string of the molecule is CN(Cc1ccccc1)C(=O)C1CCc2ncsc2C1. The number of amides is 1. The number of nitrogens with zero attached hydrogens (tertiary/aromatic N) is 2. The van der Waals surface area contributed by atoms with Crippen LogP contribution in [0.1, 0.15) is 22.6 Å². The Bertz CT molecular complexity index is 594. The van der Waals surface area contributed by atoms with Crippen molar-refractivity contribution in [2.45, 2.75) is 25.8 Å². The van der Waals surface area contributed by atoms with Gasteiger partial charge in [0.1, 0.15) is 0 Å². The molecule has 0 N–H and O–H groups in total. The zero-order valence-corrected chi connectivity index (χ0v) is 12.4. The van der Waals surface area contributed by atoms with E-state index in [1.54, 1.807) is 11.3 Å². The van der Waals surface area contributed by atoms with Crippen LogP contribution in [0.15, 0.2) is 35.8 Å². The minimum absolute atomic E-state index is 0.122. The third kappa shape index (κ3) is 2.75. The molecule has 2 aromatic rings. The van der Waals surface area contributed by atoms with Crippen molar-refractivity contribution in [1.82, 2.24) is 9.88 Å². The van der Waals surface area contributed by atoms with Crippen LogP contribution in [-0.2, 0) is 24.2 Å². The summed E-state index contributed by atoms with van der Waals surface area (Å²) < 4.78 is 0. The number of hydrogen-bond donors (Lipinski definition) is 0. The third-order valence-electron chi connectivity index (χ3n) is 3.87. The number of fused-ring (bicyclic) bond motifs is 1. The summed E-state index contributed by atoms with van der Waals surface area (Å²) >= 11 is 1.68. The van der Waals surface area contributed by atoms with Gasteiger partial charge in [0.2, 0.25) is 5.91 Å². The van der Waals surface area contributed by atoms with Gasteiger partial charge in [-0.2, -0.15) is 0 Å². The van der Waals surface area contributed by atoms with Crippen LogP contribution in [0.25, 0.3) is 0 Å². The number of benzene rings is 1. The number of thiazole rings is 1. The third-order valence-corrected chi connectivity index (χ3v) is 4.77. The fourth-order valence-corrected chi connectivity index (χ4v) is 3.65. The molecule has 0 saturated heterocycles. The predicted octanol–water partition coefficient (Wildman–Crippen LogP) is 2.91. The zero-order valence-electron chi connectivity index (χ0n) is 11.6. The fourth-order valence-electron chi connectivity index (χ4n) is 2.76. The van der Waals surface area contributed by atoms with Crippen LogP contribution in [0.4, 0.5) is 0 Å². The smallest absolute Gasteiger partial charge is 0.226 e. The lowest BCUT2D eigenvalue weighted by atomic mass is 9.90. The lowest BCUT2D eigenvalue weighted by molar-refractivity contribution is -0.135. The molecular formula is C16H18N2OS. The number of aryl methyl sites for hydroxylation is 1. The number of carbonyl (C=O) groups excluding carboxylic acids is 1. The molecule has 1 unspecified atom stereocenters. The molecule has 1 aromatic heterocycles. The lowest BCUT2D eigenvalue weighted by Crippen LogP contribution is -2.35. The van der Waals surface area contributed by atoms with Crippen LogP contribution < -0.4 is 0 Å². The number of rotatable bonds is 3. The van der Waals surface area contributed by atoms with Gasteiger partial charge in [-0.1, -0.05) is 30.3 Å². The molecule has 20 heavy (non-hydrogen) atoms. The van der Waals surface area contributed by atoms with Crippen molar-refractivity contribution in [1.29, 1.82) is 0 Å². The van der Waals surface area contributed by atoms with Crippen molar-refractivity contribution < 1.29 is 4.79 Å². The normalized spacial score (nSPS) is 17.6. The number of carbonyl (C=O) groups is 1. The summed E-state index contributed by atoms with van der Waals surface area (Å²) in [6.07, 6.45) is 2.72. The van der Waals surface area contributed by atoms with Crippen molar-refractivity contribution in [2.24, 2.45) is 5.92 Å². The molecule has 3 rings (SSSR count). The second-order valence-electron chi connectivity index (χ2n) is 5.34. The first-order valence-electron chi connectivity index (χ1n) is 6.94. The largest absolute Gasteiger partial charge is 0.341 e. The second kappa shape index (κ2) is 5.75. The maximum Gasteiger partial charge on any atom is 0.226 e. The van der Waals surface area contributed by atoms with Crippen LogP contribution in [0, 0.1) is 5.92 Å². The lowest BCUT2D eigenvalue weighted by Gasteiger charge is -2.26. The molecule has 1 aromatic carbocycles. The standard InChI is InChI=1S/C16H18N2OS/c1-18(10-12-5-3-2-4-6-12)16(19)13-7-8-14-15(9-13)20-11-17-14/h2-6,11,13H,7-10H2,1H3. The average Bonchev–Trinajstić information content (AvgIpc) is 2.94. The molecule has 0 fully saturated rings. The zero-order chi connectivity index (χ0) is 13.9. The molecule has 0 bridgehead atoms. The van der Waals surface area contributed by atoms with Crippen LogP contribution in [-0.4, -0.2) is 22.8 Å². The van der Waals surface area contributed by atoms with Crippen LogP contribution in [0.2, 0.25) is 0 Å². The van der Waals surface area contributed by atoms with E-state index in [0.29, 0.717) is 6.54 Å². The van der Waals surface area contributed by atoms with Crippen molar-refractivity contribution in [3.05, 3.63) is 52.0 Å². The summed E-state index contributed by atoms with van der Waals surface area (Å²) in [5.41, 5.74) is 4.27. The predicted molar refractivity (Wildman–Crippen MR) is 80.5 cm³/mol. The summed E-state index contributed by atoms with van der Waals surface area (Å²) in [7, 11) is 1.90. The van der Waals surface area contributed by atoms with E-state index in [9.17, 15) is 4.79 Å². The Morgan fingerprint density at radius 1 is 1.40 bits per heavy atom. The van der Waals surface area contributed by atoms with E-state index in [1.165, 1.54) is 16.1 Å². The van der Waals surface area contributed by atoms with E-state index >= 15 is 0 Å². The summed E-state index contributed by atoms with van der Waals surface area (Å²) in [5, 5.41) is 0. The topological polar surface area (TPSA) is 33.2 Å². The number of hydrogen-bond acceptors (Lipinski definition) is 3. The first-order chi connectivity index (χ1) is 9.74. The Balaban J connectivity index is 1.64. The van der Waals surface area contributed by atoms with E-state index in [2.05, 4.69) is 17.1 Å². The molecule has 1 heterocycles. The molecule has 1 aliphatic rings. The summed E-state index contributed by atoms with van der Waals surface area (Å²) in [6, 6.07) is 10.1. The summed E-state index contributed by atoms with van der Waals surface area (Å²) in [6.45, 7) is 0.686. The van der Waals surface area contributed by atoms with Gasteiger partial charge in [0.25, 0.3) is 0 Å². The Morgan fingerprint density at radius 2 is 2.20 bits per heavy atom. The van der Waals surface area contributed by atoms with Gasteiger partial charge in [0, 0.05) is 24.4 Å². The summed E-state index contributed by atoms with van der Waals surface area (Å²) in [5.74, 6) is 0.379. The van der Waals surface area contributed by atoms with Gasteiger partial charge in [-0.3, -0.25) is 4.79 Å². The van der Waals surface area contributed by atoms with Gasteiger partial charge in [-0.05, 0) is 24.8 Å². The van der Waals surface area contributed by atoms with E-state index in [0.717, 1.165) is 19.3 Å². The first-order valence-corrected chi connectivity index (χ1v) is 7.82. The van der Waals surface area contributed by atoms with Crippen molar-refractivity contribution in [3.8, 4) is 0 Å². The van der Waals surface area contributed by atoms with Gasteiger partial charge in [-0.25, -0.2) is 4.98 Å². The molecule has 1 aliphatic carbocycles. The molecular weight excluding hydrogens is 268 g/mol. The van der Waals surface area contributed by atoms with E-state index in [-0.39, 0.29) is 11.8 Å². The highest BCUT2D eigenvalue weighted by Crippen LogP contribution is 2.28. The summed E-state index contributed by atoms with van der Waals surface area (Å²) in [4.78, 5) is 20.0. The molecule has 4 heteroatoms. The maximum absolute atomic E-state index is 12.5. The Labute approximate surface area is 123 Å². The quantitative estimate of drug-likeness (QED) is 0.869. The molecule has 0 saturated carbocycles. The highest BCUT2D eigenvalue weighted by molar-refractivity contribution is 7.09. The highest BCUT2D eigenvalue weighted by atomic mass is 32.1. The second-order valence-corrected chi connectivity index (χ2v) is 6.28. The van der Waals surface area contributed by atoms with E-state index < -0.39 is 0 Å². The van der Waals surface area contributed by atoms with Crippen molar-refractivity contribution in [3.63, 3.8) is 0 Å². The molecule has 1 atom stereocenters. The fraction of sp³-hybridized carbons (Fsp3) is 0.375. The van der Waals surface area contributed by atoms with Crippen LogP contribution in [0.3, 0.4) is 0 Å². The van der Waals surface area contributed by atoms with Crippen molar-refractivity contribution in [2.75, 3.05) is 7.05 Å². The van der Waals surface area contributed by atoms with E-state index in [4.69, 9.17) is 0 Å².